The first-order valence-corrected chi connectivity index (χ1v) is 6.87. The standard InChI is InChI=1S/C16H30N2/c1-11-12(14(2,3)4)13(15(5,6)7)18(17-11)16(8,9)10/h1-10H3. The van der Waals surface area contributed by atoms with Crippen LogP contribution in [0, 0.1) is 6.92 Å². The Balaban J connectivity index is 3.70. The SMILES string of the molecule is Cc1nn(C(C)(C)C)c(C(C)(C)C)c1C(C)(C)C. The summed E-state index contributed by atoms with van der Waals surface area (Å²) in [7, 11) is 0. The summed E-state index contributed by atoms with van der Waals surface area (Å²) in [5.41, 5.74) is 4.22. The van der Waals surface area contributed by atoms with Crippen LogP contribution in [-0.4, -0.2) is 9.78 Å². The quantitative estimate of drug-likeness (QED) is 0.661. The largest absolute Gasteiger partial charge is 0.263 e. The van der Waals surface area contributed by atoms with Crippen molar-refractivity contribution in [2.45, 2.75) is 85.6 Å². The highest BCUT2D eigenvalue weighted by molar-refractivity contribution is 5.37. The molecule has 0 fully saturated rings. The lowest BCUT2D eigenvalue weighted by Gasteiger charge is -2.32. The molecule has 0 unspecified atom stereocenters. The van der Waals surface area contributed by atoms with Crippen molar-refractivity contribution in [3.8, 4) is 0 Å². The highest BCUT2D eigenvalue weighted by Gasteiger charge is 2.34. The molecule has 0 aliphatic carbocycles. The van der Waals surface area contributed by atoms with Crippen LogP contribution in [-0.2, 0) is 16.4 Å². The van der Waals surface area contributed by atoms with E-state index in [0.717, 1.165) is 0 Å². The molecule has 0 radical (unpaired) electrons. The molecule has 0 N–H and O–H groups in total. The van der Waals surface area contributed by atoms with Crippen LogP contribution in [0.3, 0.4) is 0 Å². The first kappa shape index (κ1) is 15.3. The second kappa shape index (κ2) is 4.11. The normalized spacial score (nSPS) is 14.1. The van der Waals surface area contributed by atoms with Crippen molar-refractivity contribution in [1.82, 2.24) is 9.78 Å². The summed E-state index contributed by atoms with van der Waals surface area (Å²) in [6, 6.07) is 0. The second-order valence-corrected chi connectivity index (χ2v) is 8.39. The summed E-state index contributed by atoms with van der Waals surface area (Å²) in [4.78, 5) is 0. The van der Waals surface area contributed by atoms with Gasteiger partial charge in [-0.3, -0.25) is 4.68 Å². The Kier molecular flexibility index (Phi) is 3.49. The average molecular weight is 250 g/mol. The first-order valence-electron chi connectivity index (χ1n) is 6.87. The van der Waals surface area contributed by atoms with Gasteiger partial charge in [-0.25, -0.2) is 0 Å². The fraction of sp³-hybridized carbons (Fsp3) is 0.812. The number of nitrogens with zero attached hydrogens (tertiary/aromatic N) is 2. The number of rotatable bonds is 0. The zero-order valence-corrected chi connectivity index (χ0v) is 13.9. The highest BCUT2D eigenvalue weighted by atomic mass is 15.3. The molecule has 1 rings (SSSR count). The van der Waals surface area contributed by atoms with Crippen LogP contribution in [0.5, 0.6) is 0 Å². The minimum atomic E-state index is 0.0247. The molecule has 0 aliphatic heterocycles. The van der Waals surface area contributed by atoms with Crippen molar-refractivity contribution in [2.24, 2.45) is 0 Å². The van der Waals surface area contributed by atoms with Crippen LogP contribution in [0.15, 0.2) is 0 Å². The van der Waals surface area contributed by atoms with Crippen molar-refractivity contribution >= 4 is 0 Å². The van der Waals surface area contributed by atoms with E-state index in [1.165, 1.54) is 17.0 Å². The molecule has 0 saturated carbocycles. The summed E-state index contributed by atoms with van der Waals surface area (Å²) < 4.78 is 2.23. The van der Waals surface area contributed by atoms with Gasteiger partial charge >= 0.3 is 0 Å². The van der Waals surface area contributed by atoms with Crippen LogP contribution in [0.25, 0.3) is 0 Å². The Morgan fingerprint density at radius 1 is 0.778 bits per heavy atom. The van der Waals surface area contributed by atoms with Gasteiger partial charge in [-0.2, -0.15) is 5.10 Å². The fourth-order valence-corrected chi connectivity index (χ4v) is 2.60. The Morgan fingerprint density at radius 3 is 1.50 bits per heavy atom. The number of aromatic nitrogens is 2. The summed E-state index contributed by atoms with van der Waals surface area (Å²) in [5, 5.41) is 4.83. The molecule has 104 valence electrons. The first-order chi connectivity index (χ1) is 7.76. The Bertz CT molecular complexity index is 431. The molecule has 0 bridgehead atoms. The van der Waals surface area contributed by atoms with Gasteiger partial charge in [-0.05, 0) is 33.1 Å². The summed E-state index contributed by atoms with van der Waals surface area (Å²) in [5.74, 6) is 0. The van der Waals surface area contributed by atoms with Gasteiger partial charge in [0.1, 0.15) is 0 Å². The van der Waals surface area contributed by atoms with Crippen molar-refractivity contribution in [2.75, 3.05) is 0 Å². The van der Waals surface area contributed by atoms with Crippen LogP contribution in [0.2, 0.25) is 0 Å². The number of hydrogen-bond acceptors (Lipinski definition) is 1. The van der Waals surface area contributed by atoms with Gasteiger partial charge in [-0.15, -0.1) is 0 Å². The third-order valence-electron chi connectivity index (χ3n) is 3.16. The topological polar surface area (TPSA) is 17.8 Å². The van der Waals surface area contributed by atoms with Crippen molar-refractivity contribution < 1.29 is 0 Å². The molecule has 1 heterocycles. The minimum Gasteiger partial charge on any atom is -0.263 e. The van der Waals surface area contributed by atoms with E-state index >= 15 is 0 Å². The second-order valence-electron chi connectivity index (χ2n) is 8.39. The Labute approximate surface area is 113 Å². The van der Waals surface area contributed by atoms with Crippen molar-refractivity contribution in [3.63, 3.8) is 0 Å². The van der Waals surface area contributed by atoms with E-state index < -0.39 is 0 Å². The molecule has 0 aromatic carbocycles. The number of hydrogen-bond donors (Lipinski definition) is 0. The summed E-state index contributed by atoms with van der Waals surface area (Å²) in [6.07, 6.45) is 0. The summed E-state index contributed by atoms with van der Waals surface area (Å²) in [6.45, 7) is 22.5. The molecular weight excluding hydrogens is 220 g/mol. The molecule has 1 aromatic rings. The van der Waals surface area contributed by atoms with Crippen LogP contribution in [0.1, 0.15) is 79.3 Å². The van der Waals surface area contributed by atoms with E-state index in [-0.39, 0.29) is 16.4 Å². The minimum absolute atomic E-state index is 0.0247. The maximum Gasteiger partial charge on any atom is 0.0634 e. The van der Waals surface area contributed by atoms with Crippen molar-refractivity contribution in [3.05, 3.63) is 17.0 Å². The van der Waals surface area contributed by atoms with Gasteiger partial charge in [0.2, 0.25) is 0 Å². The Morgan fingerprint density at radius 2 is 1.22 bits per heavy atom. The van der Waals surface area contributed by atoms with Gasteiger partial charge in [0.25, 0.3) is 0 Å². The van der Waals surface area contributed by atoms with E-state index in [1.807, 2.05) is 0 Å². The van der Waals surface area contributed by atoms with E-state index in [9.17, 15) is 0 Å². The van der Waals surface area contributed by atoms with Gasteiger partial charge in [0, 0.05) is 16.7 Å². The van der Waals surface area contributed by atoms with Gasteiger partial charge in [0.15, 0.2) is 0 Å². The third kappa shape index (κ3) is 2.78. The van der Waals surface area contributed by atoms with Crippen LogP contribution < -0.4 is 0 Å². The van der Waals surface area contributed by atoms with Gasteiger partial charge < -0.3 is 0 Å². The zero-order valence-electron chi connectivity index (χ0n) is 13.9. The molecule has 0 saturated heterocycles. The van der Waals surface area contributed by atoms with E-state index in [4.69, 9.17) is 5.10 Å². The van der Waals surface area contributed by atoms with E-state index in [1.54, 1.807) is 0 Å². The number of aryl methyl sites for hydroxylation is 1. The molecule has 1 aromatic heterocycles. The van der Waals surface area contributed by atoms with E-state index in [0.29, 0.717) is 0 Å². The lowest BCUT2D eigenvalue weighted by molar-refractivity contribution is 0.318. The highest BCUT2D eigenvalue weighted by Crippen LogP contribution is 2.38. The molecule has 0 amide bonds. The van der Waals surface area contributed by atoms with E-state index in [2.05, 4.69) is 73.9 Å². The maximum atomic E-state index is 4.83. The molecule has 0 aliphatic rings. The van der Waals surface area contributed by atoms with Crippen LogP contribution in [0.4, 0.5) is 0 Å². The molecular formula is C16H30N2. The molecule has 0 atom stereocenters. The predicted molar refractivity (Wildman–Crippen MR) is 79.4 cm³/mol. The third-order valence-corrected chi connectivity index (χ3v) is 3.16. The zero-order chi connectivity index (χ0) is 14.5. The molecule has 18 heavy (non-hydrogen) atoms. The van der Waals surface area contributed by atoms with Crippen LogP contribution >= 0.6 is 0 Å². The average Bonchev–Trinajstić information content (AvgIpc) is 2.39. The predicted octanol–water partition coefficient (Wildman–Crippen LogP) is 4.54. The smallest absolute Gasteiger partial charge is 0.0634 e. The fourth-order valence-electron chi connectivity index (χ4n) is 2.60. The molecule has 0 spiro atoms. The summed E-state index contributed by atoms with van der Waals surface area (Å²) >= 11 is 0. The van der Waals surface area contributed by atoms with Crippen molar-refractivity contribution in [1.29, 1.82) is 0 Å². The molecule has 2 heteroatoms. The molecule has 2 nitrogen and oxygen atoms in total. The Hall–Kier alpha value is -0.790. The van der Waals surface area contributed by atoms with Gasteiger partial charge in [0.05, 0.1) is 11.2 Å². The van der Waals surface area contributed by atoms with Gasteiger partial charge in [-0.1, -0.05) is 41.5 Å². The lowest BCUT2D eigenvalue weighted by Crippen LogP contribution is -2.32. The maximum absolute atomic E-state index is 4.83. The lowest BCUT2D eigenvalue weighted by atomic mass is 9.78. The monoisotopic (exact) mass is 250 g/mol.